The number of rotatable bonds is 6. The Morgan fingerprint density at radius 1 is 1.38 bits per heavy atom. The predicted octanol–water partition coefficient (Wildman–Crippen LogP) is 1.99. The molecule has 0 amide bonds. The van der Waals surface area contributed by atoms with E-state index in [1.807, 2.05) is 37.3 Å². The summed E-state index contributed by atoms with van der Waals surface area (Å²) in [6.07, 6.45) is 0. The minimum Gasteiger partial charge on any atom is -0.373 e. The summed E-state index contributed by atoms with van der Waals surface area (Å²) in [5, 5.41) is 6.12. The molecular formula is C13H18N2O. The van der Waals surface area contributed by atoms with Crippen LogP contribution in [-0.4, -0.2) is 12.3 Å². The highest BCUT2D eigenvalue weighted by Gasteiger charge is 2.15. The molecule has 0 bridgehead atoms. The minimum atomic E-state index is -0.326. The van der Waals surface area contributed by atoms with Gasteiger partial charge in [0, 0.05) is 6.54 Å². The standard InChI is InChI=1S/C13H18N2O/c1-4-14-11(3)15-13(10(2)16)12-8-6-5-7-9-12/h5-9,13-15H,3-4H2,1-2H3/t13-/m0/s1. The van der Waals surface area contributed by atoms with Crippen LogP contribution in [0.5, 0.6) is 0 Å². The fourth-order valence-electron chi connectivity index (χ4n) is 1.50. The van der Waals surface area contributed by atoms with Crippen molar-refractivity contribution < 1.29 is 4.79 Å². The Bertz CT molecular complexity index is 359. The van der Waals surface area contributed by atoms with Crippen molar-refractivity contribution in [2.45, 2.75) is 19.9 Å². The number of nitrogens with one attached hydrogen (secondary N) is 2. The lowest BCUT2D eigenvalue weighted by atomic mass is 10.0. The molecule has 0 aliphatic rings. The van der Waals surface area contributed by atoms with E-state index in [9.17, 15) is 4.79 Å². The second-order valence-electron chi connectivity index (χ2n) is 3.61. The Morgan fingerprint density at radius 3 is 2.50 bits per heavy atom. The fourth-order valence-corrected chi connectivity index (χ4v) is 1.50. The summed E-state index contributed by atoms with van der Waals surface area (Å²) in [7, 11) is 0. The van der Waals surface area contributed by atoms with Gasteiger partial charge in [0.2, 0.25) is 0 Å². The Hall–Kier alpha value is -1.77. The van der Waals surface area contributed by atoms with E-state index in [2.05, 4.69) is 17.2 Å². The van der Waals surface area contributed by atoms with Gasteiger partial charge in [-0.05, 0) is 19.4 Å². The molecule has 16 heavy (non-hydrogen) atoms. The van der Waals surface area contributed by atoms with Gasteiger partial charge in [-0.25, -0.2) is 0 Å². The van der Waals surface area contributed by atoms with Crippen LogP contribution in [0.25, 0.3) is 0 Å². The normalized spacial score (nSPS) is 11.6. The largest absolute Gasteiger partial charge is 0.373 e. The summed E-state index contributed by atoms with van der Waals surface area (Å²) in [5.41, 5.74) is 0.953. The molecule has 3 heteroatoms. The van der Waals surface area contributed by atoms with Crippen LogP contribution in [0, 0.1) is 0 Å². The molecule has 0 saturated carbocycles. The van der Waals surface area contributed by atoms with Crippen molar-refractivity contribution in [3.8, 4) is 0 Å². The summed E-state index contributed by atoms with van der Waals surface area (Å²) < 4.78 is 0. The zero-order valence-electron chi connectivity index (χ0n) is 9.79. The van der Waals surface area contributed by atoms with E-state index in [1.54, 1.807) is 6.92 Å². The lowest BCUT2D eigenvalue weighted by Crippen LogP contribution is -2.32. The summed E-state index contributed by atoms with van der Waals surface area (Å²) in [6.45, 7) is 8.16. The zero-order valence-corrected chi connectivity index (χ0v) is 9.79. The quantitative estimate of drug-likeness (QED) is 0.767. The van der Waals surface area contributed by atoms with Crippen molar-refractivity contribution in [1.29, 1.82) is 0 Å². The predicted molar refractivity (Wildman–Crippen MR) is 65.8 cm³/mol. The van der Waals surface area contributed by atoms with Gasteiger partial charge in [-0.1, -0.05) is 36.9 Å². The third kappa shape index (κ3) is 3.42. The van der Waals surface area contributed by atoms with Gasteiger partial charge in [-0.3, -0.25) is 4.79 Å². The molecule has 1 aromatic rings. The van der Waals surface area contributed by atoms with Gasteiger partial charge in [0.25, 0.3) is 0 Å². The molecule has 1 atom stereocenters. The molecule has 0 radical (unpaired) electrons. The summed E-state index contributed by atoms with van der Waals surface area (Å²) >= 11 is 0. The van der Waals surface area contributed by atoms with Crippen LogP contribution < -0.4 is 10.6 Å². The van der Waals surface area contributed by atoms with Gasteiger partial charge in [0.15, 0.2) is 5.78 Å². The van der Waals surface area contributed by atoms with Crippen LogP contribution in [0.2, 0.25) is 0 Å². The van der Waals surface area contributed by atoms with Gasteiger partial charge in [0.05, 0.1) is 5.82 Å². The van der Waals surface area contributed by atoms with Gasteiger partial charge in [-0.15, -0.1) is 0 Å². The molecular weight excluding hydrogens is 200 g/mol. The van der Waals surface area contributed by atoms with Crippen molar-refractivity contribution in [3.05, 3.63) is 48.3 Å². The molecule has 1 rings (SSSR count). The SMILES string of the molecule is C=C(NCC)N[C@@H](C(C)=O)c1ccccc1. The molecule has 0 aliphatic carbocycles. The Labute approximate surface area is 96.6 Å². The number of Topliss-reactive ketones (excluding diaryl/α,β-unsaturated/α-hetero) is 1. The summed E-state index contributed by atoms with van der Waals surface area (Å²) in [4.78, 5) is 11.6. The third-order valence-electron chi connectivity index (χ3n) is 2.25. The van der Waals surface area contributed by atoms with E-state index in [4.69, 9.17) is 0 Å². The van der Waals surface area contributed by atoms with Crippen LogP contribution in [0.3, 0.4) is 0 Å². The molecule has 0 unspecified atom stereocenters. The van der Waals surface area contributed by atoms with Crippen LogP contribution in [-0.2, 0) is 4.79 Å². The van der Waals surface area contributed by atoms with E-state index >= 15 is 0 Å². The van der Waals surface area contributed by atoms with Crippen molar-refractivity contribution in [3.63, 3.8) is 0 Å². The smallest absolute Gasteiger partial charge is 0.156 e. The lowest BCUT2D eigenvalue weighted by Gasteiger charge is -2.19. The fraction of sp³-hybridized carbons (Fsp3) is 0.308. The molecule has 0 heterocycles. The number of ketones is 1. The Morgan fingerprint density at radius 2 is 2.00 bits per heavy atom. The highest BCUT2D eigenvalue weighted by atomic mass is 16.1. The molecule has 2 N–H and O–H groups in total. The minimum absolute atomic E-state index is 0.0743. The van der Waals surface area contributed by atoms with E-state index in [0.29, 0.717) is 5.82 Å². The first-order valence-electron chi connectivity index (χ1n) is 5.40. The van der Waals surface area contributed by atoms with Crippen molar-refractivity contribution >= 4 is 5.78 Å². The number of carbonyl (C=O) groups is 1. The maximum Gasteiger partial charge on any atom is 0.156 e. The molecule has 1 aromatic carbocycles. The highest BCUT2D eigenvalue weighted by Crippen LogP contribution is 2.14. The van der Waals surface area contributed by atoms with E-state index in [0.717, 1.165) is 12.1 Å². The number of benzene rings is 1. The number of hydrogen-bond donors (Lipinski definition) is 2. The number of carbonyl (C=O) groups excluding carboxylic acids is 1. The van der Waals surface area contributed by atoms with Gasteiger partial charge in [0.1, 0.15) is 6.04 Å². The monoisotopic (exact) mass is 218 g/mol. The third-order valence-corrected chi connectivity index (χ3v) is 2.25. The zero-order chi connectivity index (χ0) is 12.0. The Balaban J connectivity index is 2.77. The first-order chi connectivity index (χ1) is 7.65. The van der Waals surface area contributed by atoms with Gasteiger partial charge in [-0.2, -0.15) is 0 Å². The molecule has 0 fully saturated rings. The molecule has 0 aliphatic heterocycles. The van der Waals surface area contributed by atoms with Crippen molar-refractivity contribution in [2.24, 2.45) is 0 Å². The second kappa shape index (κ2) is 5.95. The van der Waals surface area contributed by atoms with Crippen LogP contribution in [0.15, 0.2) is 42.7 Å². The molecule has 0 spiro atoms. The van der Waals surface area contributed by atoms with Crippen LogP contribution in [0.4, 0.5) is 0 Å². The van der Waals surface area contributed by atoms with Crippen molar-refractivity contribution in [1.82, 2.24) is 10.6 Å². The van der Waals surface area contributed by atoms with Crippen LogP contribution >= 0.6 is 0 Å². The van der Waals surface area contributed by atoms with E-state index in [-0.39, 0.29) is 11.8 Å². The molecule has 86 valence electrons. The van der Waals surface area contributed by atoms with Crippen LogP contribution in [0.1, 0.15) is 25.5 Å². The maximum atomic E-state index is 11.6. The Kier molecular flexibility index (Phi) is 4.58. The number of hydrogen-bond acceptors (Lipinski definition) is 3. The van der Waals surface area contributed by atoms with Gasteiger partial charge >= 0.3 is 0 Å². The first-order valence-corrected chi connectivity index (χ1v) is 5.40. The van der Waals surface area contributed by atoms with E-state index in [1.165, 1.54) is 0 Å². The summed E-state index contributed by atoms with van der Waals surface area (Å²) in [5.74, 6) is 0.747. The molecule has 0 aromatic heterocycles. The highest BCUT2D eigenvalue weighted by molar-refractivity contribution is 5.83. The topological polar surface area (TPSA) is 41.1 Å². The summed E-state index contributed by atoms with van der Waals surface area (Å²) in [6, 6.07) is 9.30. The van der Waals surface area contributed by atoms with Gasteiger partial charge < -0.3 is 10.6 Å². The van der Waals surface area contributed by atoms with E-state index < -0.39 is 0 Å². The second-order valence-corrected chi connectivity index (χ2v) is 3.61. The maximum absolute atomic E-state index is 11.6. The first kappa shape index (κ1) is 12.3. The average Bonchev–Trinajstić information content (AvgIpc) is 2.27. The average molecular weight is 218 g/mol. The van der Waals surface area contributed by atoms with Crippen molar-refractivity contribution in [2.75, 3.05) is 6.54 Å². The molecule has 0 saturated heterocycles. The lowest BCUT2D eigenvalue weighted by molar-refractivity contribution is -0.119. The molecule has 3 nitrogen and oxygen atoms in total.